The molecular formula is C21H20F3N3O4S. The van der Waals surface area contributed by atoms with Crippen molar-refractivity contribution in [2.45, 2.75) is 36.7 Å². The Labute approximate surface area is 183 Å². The molecule has 1 aliphatic rings. The van der Waals surface area contributed by atoms with E-state index in [1.165, 1.54) is 48.5 Å². The summed E-state index contributed by atoms with van der Waals surface area (Å²) in [6, 6.07) is 12.2. The molecule has 0 amide bonds. The van der Waals surface area contributed by atoms with Crippen molar-refractivity contribution in [3.63, 3.8) is 0 Å². The number of carbonyl (C=O) groups is 1. The fraction of sp³-hybridized carbons (Fsp3) is 0.238. The maximum Gasteiger partial charge on any atom is 0.440 e. The largest absolute Gasteiger partial charge is 0.491 e. The van der Waals surface area contributed by atoms with Crippen LogP contribution in [0.1, 0.15) is 24.2 Å². The molecule has 32 heavy (non-hydrogen) atoms. The molecule has 1 aliphatic heterocycles. The minimum atomic E-state index is -5.16. The van der Waals surface area contributed by atoms with Gasteiger partial charge in [0, 0.05) is 11.8 Å². The SMILES string of the molecule is CC(C)Oc1ccc(S(=O)(=O)NC2=NC(C(=O)c3ccccc3)(C(F)(F)F)NC=C2)cc1. The number of ketones is 1. The van der Waals surface area contributed by atoms with Crippen LogP contribution in [0.3, 0.4) is 0 Å². The van der Waals surface area contributed by atoms with Crippen molar-refractivity contribution in [2.75, 3.05) is 0 Å². The third kappa shape index (κ3) is 4.77. The summed E-state index contributed by atoms with van der Waals surface area (Å²) >= 11 is 0. The van der Waals surface area contributed by atoms with Crippen LogP contribution in [0.15, 0.2) is 76.8 Å². The molecule has 0 radical (unpaired) electrons. The minimum absolute atomic E-state index is 0.123. The summed E-state index contributed by atoms with van der Waals surface area (Å²) in [5, 5.41) is 1.96. The lowest BCUT2D eigenvalue weighted by atomic mass is 9.96. The summed E-state index contributed by atoms with van der Waals surface area (Å²) in [6.45, 7) is 3.61. The van der Waals surface area contributed by atoms with Gasteiger partial charge in [0.1, 0.15) is 11.6 Å². The molecule has 7 nitrogen and oxygen atoms in total. The van der Waals surface area contributed by atoms with Crippen molar-refractivity contribution in [1.29, 1.82) is 0 Å². The Morgan fingerprint density at radius 1 is 1.09 bits per heavy atom. The number of rotatable bonds is 6. The molecule has 1 atom stereocenters. The third-order valence-corrected chi connectivity index (χ3v) is 5.71. The van der Waals surface area contributed by atoms with Gasteiger partial charge >= 0.3 is 6.18 Å². The van der Waals surface area contributed by atoms with Crippen molar-refractivity contribution in [1.82, 2.24) is 10.0 Å². The molecule has 170 valence electrons. The molecule has 0 aliphatic carbocycles. The fourth-order valence-corrected chi connectivity index (χ4v) is 3.90. The molecule has 1 heterocycles. The van der Waals surface area contributed by atoms with Crippen LogP contribution in [0, 0.1) is 0 Å². The monoisotopic (exact) mass is 467 g/mol. The molecule has 2 aromatic rings. The normalized spacial score (nSPS) is 18.6. The molecule has 11 heteroatoms. The maximum atomic E-state index is 14.0. The van der Waals surface area contributed by atoms with Crippen molar-refractivity contribution in [3.05, 3.63) is 72.4 Å². The quantitative estimate of drug-likeness (QED) is 0.635. The van der Waals surface area contributed by atoms with E-state index in [2.05, 4.69) is 4.99 Å². The number of nitrogens with zero attached hydrogens (tertiary/aromatic N) is 1. The molecule has 0 spiro atoms. The first-order valence-electron chi connectivity index (χ1n) is 9.45. The van der Waals surface area contributed by atoms with Crippen molar-refractivity contribution < 1.29 is 31.1 Å². The fourth-order valence-electron chi connectivity index (χ4n) is 2.90. The second-order valence-corrected chi connectivity index (χ2v) is 8.80. The molecule has 2 aromatic carbocycles. The van der Waals surface area contributed by atoms with E-state index in [9.17, 15) is 26.4 Å². The van der Waals surface area contributed by atoms with E-state index < -0.39 is 33.5 Å². The summed E-state index contributed by atoms with van der Waals surface area (Å²) in [5.41, 5.74) is -3.62. The smallest absolute Gasteiger partial charge is 0.440 e. The molecule has 3 rings (SSSR count). The average molecular weight is 467 g/mol. The molecule has 0 saturated carbocycles. The highest BCUT2D eigenvalue weighted by atomic mass is 32.2. The second-order valence-electron chi connectivity index (χ2n) is 7.12. The number of aliphatic imine (C=N–C) groups is 1. The first kappa shape index (κ1) is 23.3. The van der Waals surface area contributed by atoms with Crippen LogP contribution in [0.5, 0.6) is 5.75 Å². The van der Waals surface area contributed by atoms with Gasteiger partial charge in [-0.2, -0.15) is 13.2 Å². The van der Waals surface area contributed by atoms with Crippen LogP contribution in [0.2, 0.25) is 0 Å². The Morgan fingerprint density at radius 2 is 1.72 bits per heavy atom. The van der Waals surface area contributed by atoms with Crippen LogP contribution in [-0.4, -0.2) is 38.0 Å². The molecule has 0 aromatic heterocycles. The Kier molecular flexibility index (Phi) is 6.31. The minimum Gasteiger partial charge on any atom is -0.491 e. The van der Waals surface area contributed by atoms with Crippen LogP contribution in [-0.2, 0) is 10.0 Å². The maximum absolute atomic E-state index is 14.0. The third-order valence-electron chi connectivity index (χ3n) is 4.34. The van der Waals surface area contributed by atoms with Crippen molar-refractivity contribution in [2.24, 2.45) is 4.99 Å². The van der Waals surface area contributed by atoms with Gasteiger partial charge in [-0.05, 0) is 44.2 Å². The van der Waals surface area contributed by atoms with E-state index in [0.29, 0.717) is 5.75 Å². The number of nitrogens with one attached hydrogen (secondary N) is 2. The van der Waals surface area contributed by atoms with Crippen LogP contribution in [0.4, 0.5) is 13.2 Å². The van der Waals surface area contributed by atoms with Gasteiger partial charge in [-0.25, -0.2) is 13.4 Å². The number of ether oxygens (including phenoxy) is 1. The van der Waals surface area contributed by atoms with Gasteiger partial charge < -0.3 is 10.1 Å². The summed E-state index contributed by atoms with van der Waals surface area (Å²) in [5.74, 6) is -1.59. The first-order valence-corrected chi connectivity index (χ1v) is 10.9. The zero-order valence-corrected chi connectivity index (χ0v) is 17.9. The van der Waals surface area contributed by atoms with Crippen LogP contribution >= 0.6 is 0 Å². The number of benzene rings is 2. The summed E-state index contributed by atoms with van der Waals surface area (Å²) in [4.78, 5) is 16.0. The van der Waals surface area contributed by atoms with Crippen LogP contribution in [0.25, 0.3) is 0 Å². The van der Waals surface area contributed by atoms with E-state index in [4.69, 9.17) is 4.74 Å². The highest BCUT2D eigenvalue weighted by Gasteiger charge is 2.61. The average Bonchev–Trinajstić information content (AvgIpc) is 2.73. The van der Waals surface area contributed by atoms with Gasteiger partial charge in [-0.1, -0.05) is 30.3 Å². The lowest BCUT2D eigenvalue weighted by Crippen LogP contribution is -2.61. The van der Waals surface area contributed by atoms with E-state index in [1.54, 1.807) is 19.9 Å². The van der Waals surface area contributed by atoms with Crippen molar-refractivity contribution in [3.8, 4) is 5.75 Å². The Morgan fingerprint density at radius 3 is 2.28 bits per heavy atom. The van der Waals surface area contributed by atoms with Gasteiger partial charge in [0.15, 0.2) is 0 Å². The van der Waals surface area contributed by atoms with E-state index in [0.717, 1.165) is 12.3 Å². The zero-order valence-electron chi connectivity index (χ0n) is 17.1. The van der Waals surface area contributed by atoms with Gasteiger partial charge in [-0.3, -0.25) is 9.52 Å². The number of hydrogen-bond donors (Lipinski definition) is 2. The zero-order chi connectivity index (χ0) is 23.6. The van der Waals surface area contributed by atoms with Crippen molar-refractivity contribution >= 4 is 21.6 Å². The van der Waals surface area contributed by atoms with Gasteiger partial charge in [-0.15, -0.1) is 0 Å². The first-order chi connectivity index (χ1) is 14.9. The number of halogens is 3. The lowest BCUT2D eigenvalue weighted by molar-refractivity contribution is -0.175. The highest BCUT2D eigenvalue weighted by molar-refractivity contribution is 7.90. The Bertz CT molecular complexity index is 1150. The van der Waals surface area contributed by atoms with E-state index in [-0.39, 0.29) is 16.6 Å². The lowest BCUT2D eigenvalue weighted by Gasteiger charge is -2.33. The number of hydrogen-bond acceptors (Lipinski definition) is 6. The molecule has 0 fully saturated rings. The number of Topliss-reactive ketones (excluding diaryl/α,β-unsaturated/α-hetero) is 1. The Hall–Kier alpha value is -3.34. The number of carbonyl (C=O) groups excluding carboxylic acids is 1. The van der Waals surface area contributed by atoms with Gasteiger partial charge in [0.05, 0.1) is 11.0 Å². The van der Waals surface area contributed by atoms with Gasteiger partial charge in [0.25, 0.3) is 15.7 Å². The summed E-state index contributed by atoms with van der Waals surface area (Å²) < 4.78 is 74.8. The topological polar surface area (TPSA) is 96.9 Å². The predicted octanol–water partition coefficient (Wildman–Crippen LogP) is 3.41. The van der Waals surface area contributed by atoms with E-state index >= 15 is 0 Å². The standard InChI is InChI=1S/C21H20F3N3O4S/c1-14(2)31-16-8-10-17(11-9-16)32(29,30)27-18-12-13-25-20(26-18,21(22,23)24)19(28)15-6-4-3-5-7-15/h3-14,25H,1-2H3,(H,26,27). The number of amidine groups is 1. The number of sulfonamides is 1. The molecule has 0 bridgehead atoms. The number of alkyl halides is 3. The second kappa shape index (κ2) is 8.65. The van der Waals surface area contributed by atoms with Crippen LogP contribution < -0.4 is 14.8 Å². The summed E-state index contributed by atoms with van der Waals surface area (Å²) in [7, 11) is -4.29. The predicted molar refractivity (Wildman–Crippen MR) is 112 cm³/mol. The Balaban J connectivity index is 1.94. The van der Waals surface area contributed by atoms with Gasteiger partial charge in [0.2, 0.25) is 5.78 Å². The molecule has 2 N–H and O–H groups in total. The molecule has 0 saturated heterocycles. The van der Waals surface area contributed by atoms with E-state index in [1.807, 2.05) is 10.0 Å². The molecule has 1 unspecified atom stereocenters. The highest BCUT2D eigenvalue weighted by Crippen LogP contribution is 2.36. The summed E-state index contributed by atoms with van der Waals surface area (Å²) in [6.07, 6.45) is -3.45. The molecular weight excluding hydrogens is 447 g/mol.